The molecule has 7 heteroatoms. The summed E-state index contributed by atoms with van der Waals surface area (Å²) < 4.78 is 30.2. The fourth-order valence-electron chi connectivity index (χ4n) is 4.69. The highest BCUT2D eigenvalue weighted by Crippen LogP contribution is 2.39. The Morgan fingerprint density at radius 2 is 1.69 bits per heavy atom. The number of aliphatic hydroxyl groups is 1. The maximum Gasteiger partial charge on any atom is 0.191 e. The lowest BCUT2D eigenvalue weighted by atomic mass is 9.79. The first-order valence-corrected chi connectivity index (χ1v) is 15.9. The molecule has 0 unspecified atom stereocenters. The molecule has 0 spiro atoms. The quantitative estimate of drug-likeness (QED) is 0.366. The van der Waals surface area contributed by atoms with E-state index >= 15 is 0 Å². The molecule has 1 N–H and O–H groups in total. The Labute approximate surface area is 214 Å². The van der Waals surface area contributed by atoms with E-state index in [-0.39, 0.29) is 40.9 Å². The van der Waals surface area contributed by atoms with Crippen molar-refractivity contribution in [1.29, 1.82) is 0 Å². The summed E-state index contributed by atoms with van der Waals surface area (Å²) in [6.07, 6.45) is -1.20. The van der Waals surface area contributed by atoms with Crippen LogP contribution >= 0.6 is 0 Å². The lowest BCUT2D eigenvalue weighted by molar-refractivity contribution is -0.259. The molecule has 1 aliphatic heterocycles. The number of aliphatic hydroxyl groups excluding tert-OH is 1. The largest absolute Gasteiger partial charge is 0.497 e. The van der Waals surface area contributed by atoms with Crippen LogP contribution in [-0.2, 0) is 18.6 Å². The minimum atomic E-state index is -1.87. The van der Waals surface area contributed by atoms with E-state index in [4.69, 9.17) is 23.4 Å². The van der Waals surface area contributed by atoms with Crippen LogP contribution in [0.1, 0.15) is 60.3 Å². The van der Waals surface area contributed by atoms with Gasteiger partial charge in [0.25, 0.3) is 0 Å². The standard InChI is InChI=1S/C28H50O6Si/c1-18(17-33-35(10,11)28(5,6)7)24(29)20(3)26(31-9)21(4)25-19(2)16-32-27(34-25)22-12-14-23(30-8)15-13-22/h12-15,18-21,24-27,29H,16-17H2,1-11H3/t18-,19+,20+,21-,24-,25+,26+,27+/m0/s1. The molecule has 0 saturated carbocycles. The van der Waals surface area contributed by atoms with Crippen LogP contribution in [0.2, 0.25) is 18.1 Å². The number of methoxy groups -OCH3 is 2. The first kappa shape index (κ1) is 30.3. The molecule has 1 aliphatic rings. The number of rotatable bonds is 11. The first-order valence-electron chi connectivity index (χ1n) is 13.0. The van der Waals surface area contributed by atoms with Crippen LogP contribution < -0.4 is 4.74 Å². The van der Waals surface area contributed by atoms with Gasteiger partial charge in [-0.3, -0.25) is 0 Å². The van der Waals surface area contributed by atoms with Crippen LogP contribution in [0.4, 0.5) is 0 Å². The van der Waals surface area contributed by atoms with E-state index in [9.17, 15) is 5.11 Å². The van der Waals surface area contributed by atoms with Crippen LogP contribution in [0, 0.1) is 23.7 Å². The van der Waals surface area contributed by atoms with Crippen molar-refractivity contribution in [3.05, 3.63) is 29.8 Å². The lowest BCUT2D eigenvalue weighted by Gasteiger charge is -2.43. The van der Waals surface area contributed by atoms with Gasteiger partial charge in [0, 0.05) is 43.0 Å². The monoisotopic (exact) mass is 510 g/mol. The summed E-state index contributed by atoms with van der Waals surface area (Å²) in [4.78, 5) is 0. The average Bonchev–Trinajstić information content (AvgIpc) is 2.82. The Kier molecular flexibility index (Phi) is 10.8. The third-order valence-corrected chi connectivity index (χ3v) is 12.7. The predicted molar refractivity (Wildman–Crippen MR) is 143 cm³/mol. The van der Waals surface area contributed by atoms with Crippen molar-refractivity contribution in [3.63, 3.8) is 0 Å². The summed E-state index contributed by atoms with van der Waals surface area (Å²) in [6.45, 7) is 20.8. The van der Waals surface area contributed by atoms with Gasteiger partial charge < -0.3 is 28.5 Å². The van der Waals surface area contributed by atoms with Crippen molar-refractivity contribution in [2.75, 3.05) is 27.4 Å². The molecule has 1 fully saturated rings. The van der Waals surface area contributed by atoms with Crippen molar-refractivity contribution in [3.8, 4) is 5.75 Å². The van der Waals surface area contributed by atoms with E-state index < -0.39 is 20.7 Å². The van der Waals surface area contributed by atoms with Crippen LogP contribution in [0.15, 0.2) is 24.3 Å². The summed E-state index contributed by atoms with van der Waals surface area (Å²) >= 11 is 0. The molecular formula is C28H50O6Si. The van der Waals surface area contributed by atoms with Gasteiger partial charge in [0.1, 0.15) is 5.75 Å². The number of hydrogen-bond donors (Lipinski definition) is 1. The van der Waals surface area contributed by atoms with Crippen molar-refractivity contribution < 1.29 is 28.5 Å². The lowest BCUT2D eigenvalue weighted by Crippen LogP contribution is -2.48. The van der Waals surface area contributed by atoms with Gasteiger partial charge >= 0.3 is 0 Å². The van der Waals surface area contributed by atoms with Crippen molar-refractivity contribution in [2.24, 2.45) is 23.7 Å². The molecule has 0 amide bonds. The average molecular weight is 511 g/mol. The van der Waals surface area contributed by atoms with Gasteiger partial charge in [-0.2, -0.15) is 0 Å². The van der Waals surface area contributed by atoms with Crippen molar-refractivity contribution in [2.45, 2.75) is 91.2 Å². The van der Waals surface area contributed by atoms with Gasteiger partial charge in [0.05, 0.1) is 32.0 Å². The van der Waals surface area contributed by atoms with E-state index in [1.54, 1.807) is 14.2 Å². The maximum atomic E-state index is 11.3. The topological polar surface area (TPSA) is 66.4 Å². The second-order valence-corrected chi connectivity index (χ2v) is 16.8. The fourth-order valence-corrected chi connectivity index (χ4v) is 5.80. The highest BCUT2D eigenvalue weighted by atomic mass is 28.4. The van der Waals surface area contributed by atoms with E-state index in [1.807, 2.05) is 24.3 Å². The Bertz CT molecular complexity index is 762. The number of ether oxygens (including phenoxy) is 4. The minimum absolute atomic E-state index is 0.00375. The molecule has 6 nitrogen and oxygen atoms in total. The number of benzene rings is 1. The minimum Gasteiger partial charge on any atom is -0.497 e. The Hall–Kier alpha value is -0.963. The zero-order valence-electron chi connectivity index (χ0n) is 23.8. The summed E-state index contributed by atoms with van der Waals surface area (Å²) in [5.41, 5.74) is 0.966. The number of hydrogen-bond acceptors (Lipinski definition) is 6. The van der Waals surface area contributed by atoms with Crippen LogP contribution in [-0.4, -0.2) is 59.2 Å². The van der Waals surface area contributed by atoms with Gasteiger partial charge in [0.15, 0.2) is 14.6 Å². The Morgan fingerprint density at radius 3 is 2.20 bits per heavy atom. The van der Waals surface area contributed by atoms with Crippen LogP contribution in [0.3, 0.4) is 0 Å². The van der Waals surface area contributed by atoms with E-state index in [2.05, 4.69) is 61.6 Å². The third kappa shape index (κ3) is 7.52. The Morgan fingerprint density at radius 1 is 1.09 bits per heavy atom. The summed E-state index contributed by atoms with van der Waals surface area (Å²) in [7, 11) is 1.51. The second-order valence-electron chi connectivity index (χ2n) is 12.0. The van der Waals surface area contributed by atoms with E-state index in [0.29, 0.717) is 13.2 Å². The molecule has 8 atom stereocenters. The maximum absolute atomic E-state index is 11.3. The summed E-state index contributed by atoms with van der Waals surface area (Å²) in [6, 6.07) is 7.79. The normalized spacial score (nSPS) is 26.0. The fraction of sp³-hybridized carbons (Fsp3) is 0.786. The van der Waals surface area contributed by atoms with Gasteiger partial charge in [-0.15, -0.1) is 0 Å². The molecule has 0 aliphatic carbocycles. The molecule has 1 aromatic carbocycles. The highest BCUT2D eigenvalue weighted by Gasteiger charge is 2.42. The van der Waals surface area contributed by atoms with Gasteiger partial charge in [-0.25, -0.2) is 0 Å². The van der Waals surface area contributed by atoms with Crippen molar-refractivity contribution in [1.82, 2.24) is 0 Å². The molecule has 0 bridgehead atoms. The smallest absolute Gasteiger partial charge is 0.191 e. The zero-order valence-corrected chi connectivity index (χ0v) is 24.8. The third-order valence-electron chi connectivity index (χ3n) is 8.20. The summed E-state index contributed by atoms with van der Waals surface area (Å²) in [5, 5.41) is 11.4. The van der Waals surface area contributed by atoms with Crippen LogP contribution in [0.5, 0.6) is 5.75 Å². The molecule has 2 rings (SSSR count). The zero-order chi connectivity index (χ0) is 26.6. The van der Waals surface area contributed by atoms with E-state index in [1.165, 1.54) is 0 Å². The molecule has 0 aromatic heterocycles. The predicted octanol–water partition coefficient (Wildman–Crippen LogP) is 6.05. The Balaban J connectivity index is 2.07. The molecule has 1 heterocycles. The summed E-state index contributed by atoms with van der Waals surface area (Å²) in [5.74, 6) is 1.01. The molecule has 35 heavy (non-hydrogen) atoms. The second kappa shape index (κ2) is 12.5. The molecular weight excluding hydrogens is 460 g/mol. The highest BCUT2D eigenvalue weighted by molar-refractivity contribution is 6.74. The van der Waals surface area contributed by atoms with Crippen molar-refractivity contribution >= 4 is 8.32 Å². The van der Waals surface area contributed by atoms with Crippen LogP contribution in [0.25, 0.3) is 0 Å². The molecule has 202 valence electrons. The SMILES string of the molecule is COc1ccc([C@@H]2OC[C@@H](C)[C@H]([C@H](C)[C@H](OC)[C@H](C)[C@@H](O)[C@@H](C)CO[Si](C)(C)C(C)(C)C)O2)cc1. The van der Waals surface area contributed by atoms with Gasteiger partial charge in [-0.05, 0) is 30.3 Å². The van der Waals surface area contributed by atoms with Gasteiger partial charge in [0.2, 0.25) is 0 Å². The first-order chi connectivity index (χ1) is 16.2. The van der Waals surface area contributed by atoms with Gasteiger partial charge in [-0.1, -0.05) is 60.6 Å². The molecule has 1 aromatic rings. The molecule has 0 radical (unpaired) electrons. The van der Waals surface area contributed by atoms with E-state index in [0.717, 1.165) is 11.3 Å². The molecule has 1 saturated heterocycles.